The summed E-state index contributed by atoms with van der Waals surface area (Å²) in [7, 11) is 0. The van der Waals surface area contributed by atoms with Crippen molar-refractivity contribution in [1.29, 1.82) is 0 Å². The van der Waals surface area contributed by atoms with Crippen LogP contribution in [-0.2, 0) is 12.8 Å². The first-order valence-electron chi connectivity index (χ1n) is 7.25. The van der Waals surface area contributed by atoms with Gasteiger partial charge in [0, 0.05) is 15.8 Å². The lowest BCUT2D eigenvalue weighted by atomic mass is 10.0. The van der Waals surface area contributed by atoms with E-state index in [0.29, 0.717) is 11.8 Å². The van der Waals surface area contributed by atoms with E-state index in [1.165, 1.54) is 36.1 Å². The summed E-state index contributed by atoms with van der Waals surface area (Å²) < 4.78 is 0. The Morgan fingerprint density at radius 1 is 1.16 bits per heavy atom. The zero-order valence-electron chi connectivity index (χ0n) is 11.0. The van der Waals surface area contributed by atoms with Crippen molar-refractivity contribution in [3.05, 3.63) is 57.3 Å². The molecule has 0 radical (unpaired) electrons. The monoisotopic (exact) mass is 269 g/mol. The number of rotatable bonds is 3. The van der Waals surface area contributed by atoms with Crippen LogP contribution in [0.2, 0.25) is 0 Å². The van der Waals surface area contributed by atoms with E-state index in [2.05, 4.69) is 36.4 Å². The summed E-state index contributed by atoms with van der Waals surface area (Å²) in [5.41, 5.74) is 9.54. The molecule has 0 bridgehead atoms. The molecule has 2 aliphatic rings. The summed E-state index contributed by atoms with van der Waals surface area (Å²) in [5, 5.41) is 0. The van der Waals surface area contributed by atoms with Crippen LogP contribution in [0.5, 0.6) is 0 Å². The zero-order valence-corrected chi connectivity index (χ0v) is 11.8. The maximum Gasteiger partial charge on any atom is 0.0424 e. The van der Waals surface area contributed by atoms with Crippen molar-refractivity contribution in [1.82, 2.24) is 0 Å². The van der Waals surface area contributed by atoms with Crippen molar-refractivity contribution < 1.29 is 0 Å². The Labute approximate surface area is 118 Å². The molecule has 0 saturated heterocycles. The Kier molecular flexibility index (Phi) is 2.75. The Bertz CT molecular complexity index is 565. The van der Waals surface area contributed by atoms with Crippen LogP contribution >= 0.6 is 11.3 Å². The summed E-state index contributed by atoms with van der Waals surface area (Å²) >= 11 is 1.97. The van der Waals surface area contributed by atoms with E-state index in [4.69, 9.17) is 5.73 Å². The van der Waals surface area contributed by atoms with Crippen LogP contribution in [-0.4, -0.2) is 0 Å². The third-order valence-electron chi connectivity index (χ3n) is 4.62. The largest absolute Gasteiger partial charge is 0.323 e. The normalized spacial score (nSPS) is 26.2. The minimum atomic E-state index is 0.251. The van der Waals surface area contributed by atoms with Gasteiger partial charge in [0.15, 0.2) is 0 Å². The Hall–Kier alpha value is -1.12. The summed E-state index contributed by atoms with van der Waals surface area (Å²) in [6.07, 6.45) is 5.14. The van der Waals surface area contributed by atoms with Crippen LogP contribution in [0.25, 0.3) is 0 Å². The number of aryl methyl sites for hydroxylation is 2. The number of nitrogens with two attached hydrogens (primary N) is 1. The van der Waals surface area contributed by atoms with E-state index in [-0.39, 0.29) is 6.04 Å². The molecule has 3 atom stereocenters. The molecule has 1 saturated carbocycles. The average Bonchev–Trinajstić information content (AvgIpc) is 2.95. The lowest BCUT2D eigenvalue weighted by Crippen LogP contribution is -2.11. The van der Waals surface area contributed by atoms with Crippen LogP contribution < -0.4 is 5.73 Å². The molecule has 2 heteroatoms. The maximum absolute atomic E-state index is 6.50. The lowest BCUT2D eigenvalue weighted by molar-refractivity contribution is 0.625. The zero-order chi connectivity index (χ0) is 12.8. The van der Waals surface area contributed by atoms with Gasteiger partial charge in [0.05, 0.1) is 0 Å². The second-order valence-electron chi connectivity index (χ2n) is 5.89. The third-order valence-corrected chi connectivity index (χ3v) is 5.96. The minimum absolute atomic E-state index is 0.251. The van der Waals surface area contributed by atoms with Gasteiger partial charge in [-0.15, -0.1) is 11.3 Å². The summed E-state index contributed by atoms with van der Waals surface area (Å²) in [4.78, 5) is 3.02. The van der Waals surface area contributed by atoms with Gasteiger partial charge >= 0.3 is 0 Å². The molecule has 2 N–H and O–H groups in total. The van der Waals surface area contributed by atoms with E-state index in [9.17, 15) is 0 Å². The second kappa shape index (κ2) is 4.46. The molecule has 0 aliphatic heterocycles. The van der Waals surface area contributed by atoms with Gasteiger partial charge < -0.3 is 5.73 Å². The Morgan fingerprint density at radius 2 is 2.00 bits per heavy atom. The summed E-state index contributed by atoms with van der Waals surface area (Å²) in [6, 6.07) is 13.5. The number of hydrogen-bond acceptors (Lipinski definition) is 2. The molecule has 2 aromatic rings. The van der Waals surface area contributed by atoms with Crippen molar-refractivity contribution in [3.63, 3.8) is 0 Å². The molecule has 1 aromatic heterocycles. The fourth-order valence-electron chi connectivity index (χ4n) is 3.42. The first kappa shape index (κ1) is 11.7. The van der Waals surface area contributed by atoms with Crippen LogP contribution in [0.4, 0.5) is 0 Å². The molecular weight excluding hydrogens is 250 g/mol. The molecule has 98 valence electrons. The van der Waals surface area contributed by atoms with Gasteiger partial charge in [-0.2, -0.15) is 0 Å². The van der Waals surface area contributed by atoms with E-state index in [0.717, 1.165) is 0 Å². The van der Waals surface area contributed by atoms with Crippen LogP contribution in [0.3, 0.4) is 0 Å². The van der Waals surface area contributed by atoms with Gasteiger partial charge in [0.1, 0.15) is 0 Å². The van der Waals surface area contributed by atoms with Crippen molar-refractivity contribution in [2.45, 2.75) is 37.6 Å². The molecular formula is C17H19NS. The molecule has 1 nitrogen and oxygen atoms in total. The van der Waals surface area contributed by atoms with Gasteiger partial charge in [-0.3, -0.25) is 0 Å². The highest BCUT2D eigenvalue weighted by molar-refractivity contribution is 7.12. The minimum Gasteiger partial charge on any atom is -0.323 e. The van der Waals surface area contributed by atoms with Gasteiger partial charge in [-0.05, 0) is 54.7 Å². The molecule has 2 aliphatic carbocycles. The SMILES string of the molecule is NC(c1cc2c(s1)CCC2)C1CC1c1ccccc1. The first-order chi connectivity index (χ1) is 9.33. The molecule has 19 heavy (non-hydrogen) atoms. The first-order valence-corrected chi connectivity index (χ1v) is 8.06. The molecule has 1 fully saturated rings. The molecule has 4 rings (SSSR count). The van der Waals surface area contributed by atoms with Crippen molar-refractivity contribution >= 4 is 11.3 Å². The summed E-state index contributed by atoms with van der Waals surface area (Å²) in [5.74, 6) is 1.34. The molecule has 3 unspecified atom stereocenters. The van der Waals surface area contributed by atoms with Gasteiger partial charge in [0.2, 0.25) is 0 Å². The smallest absolute Gasteiger partial charge is 0.0424 e. The highest BCUT2D eigenvalue weighted by Gasteiger charge is 2.43. The standard InChI is InChI=1S/C17H19NS/c18-17(16-9-12-7-4-8-15(12)19-16)14-10-13(14)11-5-2-1-3-6-11/h1-3,5-6,9,13-14,17H,4,7-8,10,18H2. The van der Waals surface area contributed by atoms with Crippen molar-refractivity contribution in [2.75, 3.05) is 0 Å². The third kappa shape index (κ3) is 2.03. The quantitative estimate of drug-likeness (QED) is 0.894. The number of hydrogen-bond donors (Lipinski definition) is 1. The fraction of sp³-hybridized carbons (Fsp3) is 0.412. The van der Waals surface area contributed by atoms with Gasteiger partial charge in [-0.25, -0.2) is 0 Å². The highest BCUT2D eigenvalue weighted by atomic mass is 32.1. The molecule has 0 spiro atoms. The van der Waals surface area contributed by atoms with Gasteiger partial charge in [-0.1, -0.05) is 30.3 Å². The number of thiophene rings is 1. The summed E-state index contributed by atoms with van der Waals surface area (Å²) in [6.45, 7) is 0. The Balaban J connectivity index is 1.51. The second-order valence-corrected chi connectivity index (χ2v) is 7.06. The van der Waals surface area contributed by atoms with E-state index >= 15 is 0 Å². The van der Waals surface area contributed by atoms with Crippen LogP contribution in [0.1, 0.15) is 45.7 Å². The number of benzene rings is 1. The van der Waals surface area contributed by atoms with Crippen molar-refractivity contribution in [2.24, 2.45) is 11.7 Å². The molecule has 0 amide bonds. The van der Waals surface area contributed by atoms with Crippen LogP contribution in [0.15, 0.2) is 36.4 Å². The number of fused-ring (bicyclic) bond motifs is 1. The van der Waals surface area contributed by atoms with Crippen molar-refractivity contribution in [3.8, 4) is 0 Å². The topological polar surface area (TPSA) is 26.0 Å². The fourth-order valence-corrected chi connectivity index (χ4v) is 4.76. The Morgan fingerprint density at radius 3 is 2.79 bits per heavy atom. The molecule has 1 heterocycles. The molecule has 1 aromatic carbocycles. The highest BCUT2D eigenvalue weighted by Crippen LogP contribution is 2.54. The van der Waals surface area contributed by atoms with E-state index < -0.39 is 0 Å². The van der Waals surface area contributed by atoms with Gasteiger partial charge in [0.25, 0.3) is 0 Å². The maximum atomic E-state index is 6.50. The lowest BCUT2D eigenvalue weighted by Gasteiger charge is -2.09. The van der Waals surface area contributed by atoms with E-state index in [1.807, 2.05) is 11.3 Å². The average molecular weight is 269 g/mol. The predicted octanol–water partition coefficient (Wildman–Crippen LogP) is 4.04. The van der Waals surface area contributed by atoms with Crippen LogP contribution in [0, 0.1) is 5.92 Å². The van der Waals surface area contributed by atoms with E-state index in [1.54, 1.807) is 10.4 Å². The predicted molar refractivity (Wildman–Crippen MR) is 80.6 cm³/mol.